The maximum Gasteiger partial charge on any atom is 0.305 e. The summed E-state index contributed by atoms with van der Waals surface area (Å²) in [5.74, 6) is -1.12. The first kappa shape index (κ1) is 12.8. The van der Waals surface area contributed by atoms with E-state index in [0.29, 0.717) is 11.1 Å². The van der Waals surface area contributed by atoms with E-state index < -0.39 is 16.4 Å². The molecule has 0 spiro atoms. The number of carbonyl (C=O) groups is 1. The first-order valence-corrected chi connectivity index (χ1v) is 5.44. The summed E-state index contributed by atoms with van der Waals surface area (Å²) in [7, 11) is 0. The number of nitro groups is 1. The van der Waals surface area contributed by atoms with Gasteiger partial charge >= 0.3 is 5.69 Å². The van der Waals surface area contributed by atoms with Crippen molar-refractivity contribution in [2.75, 3.05) is 0 Å². The van der Waals surface area contributed by atoms with Gasteiger partial charge in [0.1, 0.15) is 0 Å². The Bertz CT molecular complexity index is 629. The summed E-state index contributed by atoms with van der Waals surface area (Å²) in [5, 5.41) is 10.6. The Morgan fingerprint density at radius 1 is 1.26 bits per heavy atom. The van der Waals surface area contributed by atoms with Crippen molar-refractivity contribution >= 4 is 11.5 Å². The van der Waals surface area contributed by atoms with Crippen molar-refractivity contribution in [2.24, 2.45) is 0 Å². The van der Waals surface area contributed by atoms with Crippen molar-refractivity contribution in [1.29, 1.82) is 0 Å². The van der Waals surface area contributed by atoms with Gasteiger partial charge in [-0.1, -0.05) is 6.07 Å². The lowest BCUT2D eigenvalue weighted by Gasteiger charge is -2.02. The van der Waals surface area contributed by atoms with Crippen LogP contribution in [-0.2, 0) is 6.42 Å². The van der Waals surface area contributed by atoms with Crippen molar-refractivity contribution in [3.8, 4) is 0 Å². The third-order valence-electron chi connectivity index (χ3n) is 2.57. The van der Waals surface area contributed by atoms with Crippen LogP contribution in [-0.4, -0.2) is 15.7 Å². The molecule has 0 aliphatic heterocycles. The summed E-state index contributed by atoms with van der Waals surface area (Å²) in [6.07, 6.45) is 2.95. The molecule has 0 unspecified atom stereocenters. The van der Waals surface area contributed by atoms with Crippen LogP contribution in [0.1, 0.15) is 15.9 Å². The Morgan fingerprint density at radius 2 is 1.95 bits per heavy atom. The summed E-state index contributed by atoms with van der Waals surface area (Å²) in [4.78, 5) is 25.5. The normalized spacial score (nSPS) is 10.2. The molecular weight excluding hydrogens is 251 g/mol. The fraction of sp³-hybridized carbons (Fsp3) is 0.0769. The Morgan fingerprint density at radius 3 is 2.58 bits per heavy atom. The SMILES string of the molecule is O=C(Cc1ccc(F)c([N+](=O)[O-])c1)c1ccncc1. The monoisotopic (exact) mass is 260 g/mol. The summed E-state index contributed by atoms with van der Waals surface area (Å²) in [6.45, 7) is 0. The molecule has 2 aromatic rings. The highest BCUT2D eigenvalue weighted by atomic mass is 19.1. The van der Waals surface area contributed by atoms with Crippen LogP contribution < -0.4 is 0 Å². The number of aromatic nitrogens is 1. The molecule has 0 aliphatic carbocycles. The van der Waals surface area contributed by atoms with E-state index in [-0.39, 0.29) is 12.2 Å². The molecule has 1 aromatic carbocycles. The van der Waals surface area contributed by atoms with Crippen LogP contribution in [0, 0.1) is 15.9 Å². The molecule has 0 N–H and O–H groups in total. The zero-order valence-electron chi connectivity index (χ0n) is 9.75. The second-order valence-electron chi connectivity index (χ2n) is 3.88. The Balaban J connectivity index is 2.23. The molecule has 0 aliphatic rings. The fourth-order valence-electron chi connectivity index (χ4n) is 1.63. The number of ketones is 1. The predicted octanol–water partition coefficient (Wildman–Crippen LogP) is 2.55. The van der Waals surface area contributed by atoms with E-state index >= 15 is 0 Å². The van der Waals surface area contributed by atoms with Crippen molar-refractivity contribution in [1.82, 2.24) is 4.98 Å². The van der Waals surface area contributed by atoms with Crippen LogP contribution in [0.4, 0.5) is 10.1 Å². The lowest BCUT2D eigenvalue weighted by molar-refractivity contribution is -0.387. The molecule has 0 bridgehead atoms. The highest BCUT2D eigenvalue weighted by Gasteiger charge is 2.16. The van der Waals surface area contributed by atoms with Gasteiger partial charge in [0, 0.05) is 30.4 Å². The number of benzene rings is 1. The Labute approximate surface area is 107 Å². The second-order valence-corrected chi connectivity index (χ2v) is 3.88. The summed E-state index contributed by atoms with van der Waals surface area (Å²) >= 11 is 0. The average Bonchev–Trinajstić information content (AvgIpc) is 2.41. The number of pyridine rings is 1. The fourth-order valence-corrected chi connectivity index (χ4v) is 1.63. The quantitative estimate of drug-likeness (QED) is 0.481. The average molecular weight is 260 g/mol. The molecule has 0 saturated carbocycles. The van der Waals surface area contributed by atoms with Gasteiger partial charge in [-0.3, -0.25) is 19.9 Å². The van der Waals surface area contributed by atoms with Gasteiger partial charge < -0.3 is 0 Å². The molecule has 0 fully saturated rings. The largest absolute Gasteiger partial charge is 0.305 e. The maximum absolute atomic E-state index is 13.1. The van der Waals surface area contributed by atoms with Gasteiger partial charge in [0.05, 0.1) is 4.92 Å². The van der Waals surface area contributed by atoms with E-state index in [9.17, 15) is 19.3 Å². The van der Waals surface area contributed by atoms with Crippen LogP contribution in [0.25, 0.3) is 0 Å². The number of hydrogen-bond acceptors (Lipinski definition) is 4. The van der Waals surface area contributed by atoms with Crippen LogP contribution in [0.5, 0.6) is 0 Å². The third-order valence-corrected chi connectivity index (χ3v) is 2.57. The van der Waals surface area contributed by atoms with Gasteiger partial charge in [-0.2, -0.15) is 4.39 Å². The number of carbonyl (C=O) groups excluding carboxylic acids is 1. The highest BCUT2D eigenvalue weighted by molar-refractivity contribution is 5.97. The van der Waals surface area contributed by atoms with E-state index in [1.807, 2.05) is 0 Å². The van der Waals surface area contributed by atoms with Crippen LogP contribution in [0.15, 0.2) is 42.7 Å². The first-order chi connectivity index (χ1) is 9.08. The minimum absolute atomic E-state index is 0.0227. The van der Waals surface area contributed by atoms with Gasteiger partial charge in [-0.25, -0.2) is 0 Å². The van der Waals surface area contributed by atoms with Gasteiger partial charge in [-0.15, -0.1) is 0 Å². The predicted molar refractivity (Wildman–Crippen MR) is 65.3 cm³/mol. The van der Waals surface area contributed by atoms with Crippen molar-refractivity contribution < 1.29 is 14.1 Å². The minimum atomic E-state index is -0.912. The van der Waals surface area contributed by atoms with Gasteiger partial charge in [0.25, 0.3) is 0 Å². The van der Waals surface area contributed by atoms with E-state index in [0.717, 1.165) is 12.1 Å². The first-order valence-electron chi connectivity index (χ1n) is 5.44. The van der Waals surface area contributed by atoms with Crippen molar-refractivity contribution in [3.63, 3.8) is 0 Å². The number of nitro benzene ring substituents is 1. The lowest BCUT2D eigenvalue weighted by Crippen LogP contribution is -2.04. The molecule has 0 saturated heterocycles. The van der Waals surface area contributed by atoms with Crippen LogP contribution in [0.2, 0.25) is 0 Å². The van der Waals surface area contributed by atoms with Gasteiger partial charge in [0.2, 0.25) is 5.82 Å². The van der Waals surface area contributed by atoms with Crippen LogP contribution in [0.3, 0.4) is 0 Å². The van der Waals surface area contributed by atoms with Gasteiger partial charge in [-0.05, 0) is 23.8 Å². The zero-order valence-corrected chi connectivity index (χ0v) is 9.75. The zero-order chi connectivity index (χ0) is 13.8. The molecule has 0 radical (unpaired) electrons. The smallest absolute Gasteiger partial charge is 0.294 e. The summed E-state index contributed by atoms with van der Waals surface area (Å²) in [6, 6.07) is 6.55. The molecule has 5 nitrogen and oxygen atoms in total. The second kappa shape index (κ2) is 5.34. The molecule has 0 atom stereocenters. The number of rotatable bonds is 4. The molecule has 1 aromatic heterocycles. The molecule has 19 heavy (non-hydrogen) atoms. The van der Waals surface area contributed by atoms with Crippen LogP contribution >= 0.6 is 0 Å². The van der Waals surface area contributed by atoms with E-state index in [2.05, 4.69) is 4.98 Å². The highest BCUT2D eigenvalue weighted by Crippen LogP contribution is 2.19. The lowest BCUT2D eigenvalue weighted by atomic mass is 10.0. The number of halogens is 1. The summed E-state index contributed by atoms with van der Waals surface area (Å²) < 4.78 is 13.1. The van der Waals surface area contributed by atoms with E-state index in [4.69, 9.17) is 0 Å². The molecule has 0 amide bonds. The molecular formula is C13H9FN2O3. The van der Waals surface area contributed by atoms with E-state index in [1.165, 1.54) is 18.5 Å². The summed E-state index contributed by atoms with van der Waals surface area (Å²) in [5.41, 5.74) is 0.233. The number of Topliss-reactive ketones (excluding diaryl/α,β-unsaturated/α-hetero) is 1. The molecule has 6 heteroatoms. The number of nitrogens with zero attached hydrogens (tertiary/aromatic N) is 2. The third kappa shape index (κ3) is 2.98. The Hall–Kier alpha value is -2.63. The molecule has 1 heterocycles. The van der Waals surface area contributed by atoms with Gasteiger partial charge in [0.15, 0.2) is 5.78 Å². The minimum Gasteiger partial charge on any atom is -0.294 e. The van der Waals surface area contributed by atoms with Crippen molar-refractivity contribution in [2.45, 2.75) is 6.42 Å². The maximum atomic E-state index is 13.1. The van der Waals surface area contributed by atoms with Crippen molar-refractivity contribution in [3.05, 3.63) is 69.8 Å². The molecule has 96 valence electrons. The van der Waals surface area contributed by atoms with E-state index in [1.54, 1.807) is 12.1 Å². The standard InChI is InChI=1S/C13H9FN2O3/c14-11-2-1-9(7-12(11)16(18)19)8-13(17)10-3-5-15-6-4-10/h1-7H,8H2. The number of hydrogen-bond donors (Lipinski definition) is 0. The topological polar surface area (TPSA) is 73.1 Å². The molecule has 2 rings (SSSR count). The Kier molecular flexibility index (Phi) is 3.61.